The predicted octanol–water partition coefficient (Wildman–Crippen LogP) is 2.98. The molecule has 2 saturated heterocycles. The predicted molar refractivity (Wildman–Crippen MR) is 191 cm³/mol. The first-order valence-electron chi connectivity index (χ1n) is 17.3. The van der Waals surface area contributed by atoms with Crippen LogP contribution >= 0.6 is 11.6 Å². The summed E-state index contributed by atoms with van der Waals surface area (Å²) < 4.78 is 37.7. The first-order valence-corrected chi connectivity index (χ1v) is 19.5. The summed E-state index contributed by atoms with van der Waals surface area (Å²) in [6.45, 7) is 9.65. The Kier molecular flexibility index (Phi) is 10.0. The highest BCUT2D eigenvalue weighted by Gasteiger charge is 2.31. The number of halogens is 1. The van der Waals surface area contributed by atoms with E-state index >= 15 is 0 Å². The van der Waals surface area contributed by atoms with Crippen molar-refractivity contribution in [2.75, 3.05) is 65.3 Å². The Labute approximate surface area is 292 Å². The zero-order valence-corrected chi connectivity index (χ0v) is 29.9. The van der Waals surface area contributed by atoms with Gasteiger partial charge in [-0.2, -0.15) is 9.40 Å². The number of hydrogen-bond donors (Lipinski definition) is 1. The number of imidazole rings is 1. The van der Waals surface area contributed by atoms with Crippen LogP contribution in [0.15, 0.2) is 47.3 Å². The van der Waals surface area contributed by atoms with Crippen molar-refractivity contribution in [3.8, 4) is 11.3 Å². The van der Waals surface area contributed by atoms with Crippen molar-refractivity contribution in [2.24, 2.45) is 0 Å². The van der Waals surface area contributed by atoms with Crippen molar-refractivity contribution in [2.45, 2.75) is 58.0 Å². The molecule has 1 N–H and O–H groups in total. The van der Waals surface area contributed by atoms with Crippen LogP contribution in [0.25, 0.3) is 22.3 Å². The van der Waals surface area contributed by atoms with Gasteiger partial charge in [0.25, 0.3) is 0 Å². The molecule has 0 amide bonds. The third kappa shape index (κ3) is 7.25. The van der Waals surface area contributed by atoms with Crippen molar-refractivity contribution in [3.05, 3.63) is 74.8 Å². The monoisotopic (exact) mass is 711 g/mol. The molecule has 264 valence electrons. The van der Waals surface area contributed by atoms with Crippen molar-refractivity contribution in [1.29, 1.82) is 0 Å². The van der Waals surface area contributed by atoms with Crippen molar-refractivity contribution in [1.82, 2.24) is 33.0 Å². The summed E-state index contributed by atoms with van der Waals surface area (Å²) in [7, 11) is -3.37. The van der Waals surface area contributed by atoms with Gasteiger partial charge in [-0.1, -0.05) is 29.8 Å². The Balaban J connectivity index is 1.03. The topological polar surface area (TPSA) is 118 Å². The normalized spacial score (nSPS) is 19.4. The second-order valence-electron chi connectivity index (χ2n) is 13.7. The van der Waals surface area contributed by atoms with Gasteiger partial charge in [-0.25, -0.2) is 13.2 Å². The van der Waals surface area contributed by atoms with Gasteiger partial charge in [0.2, 0.25) is 10.0 Å². The fraction of sp³-hybridized carbons (Fsp3) is 0.543. The van der Waals surface area contributed by atoms with E-state index in [1.165, 1.54) is 10.6 Å². The zero-order valence-electron chi connectivity index (χ0n) is 28.3. The Morgan fingerprint density at radius 1 is 0.980 bits per heavy atom. The first-order chi connectivity index (χ1) is 23.6. The number of ether oxygens (including phenoxy) is 1. The van der Waals surface area contributed by atoms with Crippen LogP contribution in [0.4, 0.5) is 0 Å². The summed E-state index contributed by atoms with van der Waals surface area (Å²) in [4.78, 5) is 18.5. The third-order valence-corrected chi connectivity index (χ3v) is 12.1. The van der Waals surface area contributed by atoms with Crippen molar-refractivity contribution in [3.63, 3.8) is 0 Å². The molecule has 3 aliphatic rings. The number of β-amino-alcohol motifs (C(OH)–C–C–N with tert-alkyl or cyclic N) is 1. The van der Waals surface area contributed by atoms with Crippen LogP contribution in [0.3, 0.4) is 0 Å². The van der Waals surface area contributed by atoms with Gasteiger partial charge in [0.05, 0.1) is 48.8 Å². The summed E-state index contributed by atoms with van der Waals surface area (Å²) >= 11 is 6.31. The van der Waals surface area contributed by atoms with Gasteiger partial charge in [0, 0.05) is 93.2 Å². The quantitative estimate of drug-likeness (QED) is 0.267. The minimum absolute atomic E-state index is 0.0533. The van der Waals surface area contributed by atoms with Gasteiger partial charge >= 0.3 is 5.69 Å². The number of aliphatic hydroxyl groups excluding tert-OH is 1. The van der Waals surface area contributed by atoms with Gasteiger partial charge in [0.1, 0.15) is 0 Å². The number of sulfonamides is 1. The fourth-order valence-electron chi connectivity index (χ4n) is 7.71. The first kappa shape index (κ1) is 34.4. The minimum Gasteiger partial charge on any atom is -0.390 e. The molecule has 0 radical (unpaired) electrons. The SMILES string of the molecule is Cc1cc(-c2nn(CC(O)CN3CCC(n4c(=O)n(CCN5CCOCC5)c5ccccc54)CC3)c3c2CN(S(C)(=O)=O)CC3)ccc1Cl. The number of para-hydroxylation sites is 2. The maximum absolute atomic E-state index is 13.8. The molecular formula is C35H46ClN7O5S. The lowest BCUT2D eigenvalue weighted by molar-refractivity contribution is 0.0363. The zero-order chi connectivity index (χ0) is 34.3. The Bertz CT molecular complexity index is 1980. The van der Waals surface area contributed by atoms with Crippen LogP contribution in [0.2, 0.25) is 5.02 Å². The molecule has 0 aliphatic carbocycles. The molecule has 5 heterocycles. The number of morpholine rings is 1. The summed E-state index contributed by atoms with van der Waals surface area (Å²) in [6.07, 6.45) is 2.74. The van der Waals surface area contributed by atoms with Gasteiger partial charge < -0.3 is 14.7 Å². The van der Waals surface area contributed by atoms with Crippen LogP contribution in [-0.4, -0.2) is 118 Å². The Morgan fingerprint density at radius 3 is 2.43 bits per heavy atom. The summed E-state index contributed by atoms with van der Waals surface area (Å²) in [5, 5.41) is 16.9. The number of likely N-dealkylation sites (tertiary alicyclic amines) is 1. The molecule has 2 fully saturated rings. The number of fused-ring (bicyclic) bond motifs is 2. The molecule has 12 nitrogen and oxygen atoms in total. The highest BCUT2D eigenvalue weighted by molar-refractivity contribution is 7.88. The standard InChI is InChI=1S/C35H46ClN7O5S/c1-25-21-26(7-8-30(25)36)34-29-24-40(49(2,46)47)14-11-31(29)42(37-34)23-28(44)22-39-12-9-27(10-13-39)43-33-6-4-3-5-32(33)41(35(43)45)16-15-38-17-19-48-20-18-38/h3-8,21,27-28,44H,9-20,22-24H2,1-2H3. The molecule has 2 aromatic heterocycles. The smallest absolute Gasteiger partial charge is 0.329 e. The Morgan fingerprint density at radius 2 is 1.71 bits per heavy atom. The molecule has 1 unspecified atom stereocenters. The number of hydrogen-bond acceptors (Lipinski definition) is 8. The average Bonchev–Trinajstić information content (AvgIpc) is 3.59. The molecule has 1 atom stereocenters. The number of aliphatic hydroxyl groups is 1. The van der Waals surface area contributed by atoms with E-state index in [9.17, 15) is 18.3 Å². The van der Waals surface area contributed by atoms with E-state index in [2.05, 4.69) is 15.9 Å². The van der Waals surface area contributed by atoms with E-state index in [0.29, 0.717) is 37.6 Å². The van der Waals surface area contributed by atoms with E-state index < -0.39 is 16.1 Å². The van der Waals surface area contributed by atoms with E-state index in [1.54, 1.807) is 0 Å². The maximum Gasteiger partial charge on any atom is 0.329 e. The second kappa shape index (κ2) is 14.3. The molecule has 49 heavy (non-hydrogen) atoms. The van der Waals surface area contributed by atoms with E-state index in [4.69, 9.17) is 21.4 Å². The molecule has 4 aromatic rings. The highest BCUT2D eigenvalue weighted by Crippen LogP contribution is 2.33. The molecule has 3 aliphatic heterocycles. The summed E-state index contributed by atoms with van der Waals surface area (Å²) in [5.41, 5.74) is 6.38. The number of aromatic nitrogens is 4. The van der Waals surface area contributed by atoms with E-state index in [-0.39, 0.29) is 18.3 Å². The number of piperidine rings is 1. The lowest BCUT2D eigenvalue weighted by atomic mass is 10.0. The molecule has 0 saturated carbocycles. The highest BCUT2D eigenvalue weighted by atomic mass is 35.5. The van der Waals surface area contributed by atoms with Gasteiger partial charge in [-0.3, -0.25) is 18.7 Å². The van der Waals surface area contributed by atoms with Crippen LogP contribution < -0.4 is 5.69 Å². The number of rotatable bonds is 10. The van der Waals surface area contributed by atoms with Gasteiger partial charge in [-0.05, 0) is 49.6 Å². The number of aryl methyl sites for hydroxylation is 1. The Hall–Kier alpha value is -3.04. The maximum atomic E-state index is 13.8. The molecule has 7 rings (SSSR count). The lowest BCUT2D eigenvalue weighted by Crippen LogP contribution is -2.42. The van der Waals surface area contributed by atoms with Gasteiger partial charge in [0.15, 0.2) is 0 Å². The molecule has 0 spiro atoms. The third-order valence-electron chi connectivity index (χ3n) is 10.4. The van der Waals surface area contributed by atoms with Crippen LogP contribution in [0.1, 0.15) is 35.7 Å². The second-order valence-corrected chi connectivity index (χ2v) is 16.1. The number of benzene rings is 2. The molecule has 2 aromatic carbocycles. The molecule has 14 heteroatoms. The van der Waals surface area contributed by atoms with Crippen LogP contribution in [-0.2, 0) is 40.8 Å². The van der Waals surface area contributed by atoms with Crippen LogP contribution in [0, 0.1) is 6.92 Å². The number of nitrogens with zero attached hydrogens (tertiary/aromatic N) is 7. The molecular weight excluding hydrogens is 666 g/mol. The fourth-order valence-corrected chi connectivity index (χ4v) is 8.61. The minimum atomic E-state index is -3.37. The summed E-state index contributed by atoms with van der Waals surface area (Å²) in [5.74, 6) is 0. The average molecular weight is 712 g/mol. The van der Waals surface area contributed by atoms with Crippen molar-refractivity contribution < 1.29 is 18.3 Å². The molecule has 0 bridgehead atoms. The lowest BCUT2D eigenvalue weighted by Gasteiger charge is -2.33. The van der Waals surface area contributed by atoms with E-state index in [1.807, 2.05) is 57.1 Å². The largest absolute Gasteiger partial charge is 0.390 e. The van der Waals surface area contributed by atoms with E-state index in [0.717, 1.165) is 97.9 Å². The van der Waals surface area contributed by atoms with Crippen LogP contribution in [0.5, 0.6) is 0 Å². The summed E-state index contributed by atoms with van der Waals surface area (Å²) in [6, 6.07) is 13.9. The van der Waals surface area contributed by atoms with Gasteiger partial charge in [-0.15, -0.1) is 0 Å². The van der Waals surface area contributed by atoms with Crippen molar-refractivity contribution >= 4 is 32.7 Å².